The second-order valence-electron chi connectivity index (χ2n) is 4.72. The predicted octanol–water partition coefficient (Wildman–Crippen LogP) is 2.07. The average Bonchev–Trinajstić information content (AvgIpc) is 2.64. The lowest BCUT2D eigenvalue weighted by Gasteiger charge is -2.30. The topological polar surface area (TPSA) is 66.2 Å². The Hall–Kier alpha value is -1.31. The van der Waals surface area contributed by atoms with E-state index in [1.807, 2.05) is 40.0 Å². The van der Waals surface area contributed by atoms with Gasteiger partial charge in [-0.05, 0) is 40.0 Å². The van der Waals surface area contributed by atoms with Gasteiger partial charge < -0.3 is 10.2 Å². The van der Waals surface area contributed by atoms with Crippen molar-refractivity contribution in [1.82, 2.24) is 4.90 Å². The number of hydrogen-bond donors (Lipinski definition) is 1. The largest absolute Gasteiger partial charge is 0.465 e. The fourth-order valence-electron chi connectivity index (χ4n) is 2.08. The molecule has 0 fully saturated rings. The molecule has 17 heavy (non-hydrogen) atoms. The minimum Gasteiger partial charge on any atom is -0.465 e. The Morgan fingerprint density at radius 3 is 2.53 bits per heavy atom. The number of aryl methyl sites for hydroxylation is 1. The summed E-state index contributed by atoms with van der Waals surface area (Å²) in [7, 11) is 1.97. The van der Waals surface area contributed by atoms with Crippen LogP contribution < -0.4 is 5.73 Å². The zero-order valence-corrected chi connectivity index (χ0v) is 11.0. The van der Waals surface area contributed by atoms with Crippen molar-refractivity contribution < 1.29 is 4.42 Å². The molecule has 4 nitrogen and oxygen atoms in total. The van der Waals surface area contributed by atoms with Gasteiger partial charge in [0.05, 0.1) is 18.0 Å². The molecule has 4 heteroatoms. The van der Waals surface area contributed by atoms with Crippen LogP contribution in [0.2, 0.25) is 0 Å². The summed E-state index contributed by atoms with van der Waals surface area (Å²) in [6.45, 7) is 6.46. The Labute approximate surface area is 103 Å². The molecule has 1 heterocycles. The van der Waals surface area contributed by atoms with Crippen LogP contribution in [0.1, 0.15) is 31.4 Å². The van der Waals surface area contributed by atoms with Gasteiger partial charge in [-0.2, -0.15) is 5.26 Å². The molecule has 3 unspecified atom stereocenters. The normalized spacial score (nSPS) is 16.5. The summed E-state index contributed by atoms with van der Waals surface area (Å²) < 4.78 is 5.64. The van der Waals surface area contributed by atoms with Crippen LogP contribution in [0.4, 0.5) is 0 Å². The second-order valence-corrected chi connectivity index (χ2v) is 4.72. The molecule has 0 radical (unpaired) electrons. The highest BCUT2D eigenvalue weighted by molar-refractivity contribution is 5.11. The fourth-order valence-corrected chi connectivity index (χ4v) is 2.08. The van der Waals surface area contributed by atoms with Crippen LogP contribution >= 0.6 is 0 Å². The lowest BCUT2D eigenvalue weighted by atomic mass is 10.0. The van der Waals surface area contributed by atoms with E-state index in [1.165, 1.54) is 0 Å². The van der Waals surface area contributed by atoms with Crippen LogP contribution in [0.15, 0.2) is 16.5 Å². The average molecular weight is 235 g/mol. The minimum absolute atomic E-state index is 0.0134. The zero-order chi connectivity index (χ0) is 13.0. The van der Waals surface area contributed by atoms with E-state index in [1.54, 1.807) is 0 Å². The molecule has 0 saturated heterocycles. The Bertz CT molecular complexity index is 392. The van der Waals surface area contributed by atoms with Crippen molar-refractivity contribution in [3.63, 3.8) is 0 Å². The third-order valence-corrected chi connectivity index (χ3v) is 2.81. The van der Waals surface area contributed by atoms with Gasteiger partial charge in [-0.15, -0.1) is 0 Å². The van der Waals surface area contributed by atoms with E-state index >= 15 is 0 Å². The lowest BCUT2D eigenvalue weighted by Crippen LogP contribution is -2.38. The minimum atomic E-state index is -0.0450. The van der Waals surface area contributed by atoms with Gasteiger partial charge in [0.1, 0.15) is 11.5 Å². The van der Waals surface area contributed by atoms with Gasteiger partial charge in [0, 0.05) is 12.6 Å². The monoisotopic (exact) mass is 235 g/mol. The molecule has 0 aliphatic carbocycles. The van der Waals surface area contributed by atoms with Gasteiger partial charge in [0.25, 0.3) is 0 Å². The SMILES string of the molecule is Cc1ccc(C(C(C)N)N(C)CC(C)C#N)o1. The number of rotatable bonds is 5. The molecule has 0 aliphatic heterocycles. The Balaban J connectivity index is 2.83. The molecule has 0 aromatic carbocycles. The molecule has 1 rings (SSSR count). The highest BCUT2D eigenvalue weighted by Crippen LogP contribution is 2.24. The van der Waals surface area contributed by atoms with E-state index in [0.717, 1.165) is 11.5 Å². The fraction of sp³-hybridized carbons (Fsp3) is 0.615. The van der Waals surface area contributed by atoms with Gasteiger partial charge in [-0.25, -0.2) is 0 Å². The molecule has 0 amide bonds. The molecule has 1 aromatic rings. The number of nitrogens with zero attached hydrogens (tertiary/aromatic N) is 2. The summed E-state index contributed by atoms with van der Waals surface area (Å²) in [6.07, 6.45) is 0. The molecule has 1 aromatic heterocycles. The lowest BCUT2D eigenvalue weighted by molar-refractivity contribution is 0.179. The number of nitrogens with two attached hydrogens (primary N) is 1. The molecule has 0 saturated carbocycles. The Morgan fingerprint density at radius 1 is 1.47 bits per heavy atom. The maximum Gasteiger partial charge on any atom is 0.122 e. The quantitative estimate of drug-likeness (QED) is 0.848. The molecular weight excluding hydrogens is 214 g/mol. The molecule has 3 atom stereocenters. The van der Waals surface area contributed by atoms with E-state index in [2.05, 4.69) is 11.0 Å². The third-order valence-electron chi connectivity index (χ3n) is 2.81. The highest BCUT2D eigenvalue weighted by Gasteiger charge is 2.25. The molecule has 0 spiro atoms. The van der Waals surface area contributed by atoms with Crippen molar-refractivity contribution in [2.45, 2.75) is 32.9 Å². The summed E-state index contributed by atoms with van der Waals surface area (Å²) in [5, 5.41) is 8.85. The maximum atomic E-state index is 8.85. The van der Waals surface area contributed by atoms with Gasteiger partial charge >= 0.3 is 0 Å². The Kier molecular flexibility index (Phi) is 4.73. The summed E-state index contributed by atoms with van der Waals surface area (Å²) in [4.78, 5) is 2.08. The number of likely N-dealkylation sites (N-methyl/N-ethyl adjacent to an activating group) is 1. The van der Waals surface area contributed by atoms with E-state index in [9.17, 15) is 0 Å². The summed E-state index contributed by atoms with van der Waals surface area (Å²) in [5.74, 6) is 1.73. The smallest absolute Gasteiger partial charge is 0.122 e. The van der Waals surface area contributed by atoms with Crippen molar-refractivity contribution in [2.24, 2.45) is 11.7 Å². The van der Waals surface area contributed by atoms with Crippen LogP contribution in [0.25, 0.3) is 0 Å². The first-order valence-electron chi connectivity index (χ1n) is 5.87. The van der Waals surface area contributed by atoms with Crippen molar-refractivity contribution in [1.29, 1.82) is 5.26 Å². The van der Waals surface area contributed by atoms with E-state index in [0.29, 0.717) is 6.54 Å². The first-order chi connectivity index (χ1) is 7.95. The van der Waals surface area contributed by atoms with Crippen LogP contribution in [0.5, 0.6) is 0 Å². The first-order valence-corrected chi connectivity index (χ1v) is 5.87. The van der Waals surface area contributed by atoms with Crippen molar-refractivity contribution in [3.05, 3.63) is 23.7 Å². The predicted molar refractivity (Wildman–Crippen MR) is 67.2 cm³/mol. The molecular formula is C13H21N3O. The van der Waals surface area contributed by atoms with Crippen LogP contribution in [0, 0.1) is 24.2 Å². The Morgan fingerprint density at radius 2 is 2.12 bits per heavy atom. The number of nitriles is 1. The molecule has 94 valence electrons. The van der Waals surface area contributed by atoms with Crippen molar-refractivity contribution >= 4 is 0 Å². The molecule has 0 aliphatic rings. The van der Waals surface area contributed by atoms with Gasteiger partial charge in [0.15, 0.2) is 0 Å². The van der Waals surface area contributed by atoms with Gasteiger partial charge in [-0.3, -0.25) is 4.90 Å². The van der Waals surface area contributed by atoms with Crippen molar-refractivity contribution in [3.8, 4) is 6.07 Å². The van der Waals surface area contributed by atoms with E-state index in [-0.39, 0.29) is 18.0 Å². The van der Waals surface area contributed by atoms with Crippen molar-refractivity contribution in [2.75, 3.05) is 13.6 Å². The highest BCUT2D eigenvalue weighted by atomic mass is 16.3. The third kappa shape index (κ3) is 3.58. The van der Waals surface area contributed by atoms with Gasteiger partial charge in [-0.1, -0.05) is 0 Å². The summed E-state index contributed by atoms with van der Waals surface area (Å²) in [5.41, 5.74) is 6.01. The number of furan rings is 1. The van der Waals surface area contributed by atoms with Crippen LogP contribution in [0.3, 0.4) is 0 Å². The summed E-state index contributed by atoms with van der Waals surface area (Å²) >= 11 is 0. The van der Waals surface area contributed by atoms with E-state index in [4.69, 9.17) is 15.4 Å². The molecule has 0 bridgehead atoms. The van der Waals surface area contributed by atoms with Crippen LogP contribution in [-0.2, 0) is 0 Å². The molecule has 2 N–H and O–H groups in total. The standard InChI is InChI=1S/C13H21N3O/c1-9(7-14)8-16(4)13(11(3)15)12-6-5-10(2)17-12/h5-6,9,11,13H,8,15H2,1-4H3. The van der Waals surface area contributed by atoms with Gasteiger partial charge in [0.2, 0.25) is 0 Å². The number of hydrogen-bond acceptors (Lipinski definition) is 4. The van der Waals surface area contributed by atoms with E-state index < -0.39 is 0 Å². The maximum absolute atomic E-state index is 8.85. The summed E-state index contributed by atoms with van der Waals surface area (Å²) in [6, 6.07) is 6.09. The van der Waals surface area contributed by atoms with Crippen LogP contribution in [-0.4, -0.2) is 24.5 Å². The first kappa shape index (κ1) is 13.8. The zero-order valence-electron chi connectivity index (χ0n) is 11.0. The second kappa shape index (κ2) is 5.85.